The molecule has 0 saturated carbocycles. The smallest absolute Gasteiger partial charge is 0.308 e. The quantitative estimate of drug-likeness (QED) is 0.769. The van der Waals surface area contributed by atoms with E-state index in [1.807, 2.05) is 0 Å². The molecule has 9 heteroatoms. The third-order valence-electron chi connectivity index (χ3n) is 3.74. The maximum Gasteiger partial charge on any atom is 0.433 e. The number of halogens is 6. The second-order valence-electron chi connectivity index (χ2n) is 5.50. The highest BCUT2D eigenvalue weighted by atomic mass is 19.4. The summed E-state index contributed by atoms with van der Waals surface area (Å²) in [7, 11) is 0. The first-order valence-corrected chi connectivity index (χ1v) is 7.30. The van der Waals surface area contributed by atoms with Crippen molar-refractivity contribution in [2.24, 2.45) is 0 Å². The average molecular weight is 371 g/mol. The van der Waals surface area contributed by atoms with E-state index >= 15 is 0 Å². The van der Waals surface area contributed by atoms with Gasteiger partial charge >= 0.3 is 6.18 Å². The molecule has 26 heavy (non-hydrogen) atoms. The van der Waals surface area contributed by atoms with E-state index in [0.717, 1.165) is 18.3 Å². The standard InChI is InChI=1S/C17H11F6N3/c1-8-15(9-2-3-14(24-6-9)17(21,22)23)11(7-25-26-8)16-12(19)4-10(18)5-13(16)20/h2-7,25-26H,1H3. The Morgan fingerprint density at radius 1 is 1.00 bits per heavy atom. The molecule has 1 aliphatic heterocycles. The Bertz CT molecular complexity index is 890. The number of pyridine rings is 1. The highest BCUT2D eigenvalue weighted by Gasteiger charge is 2.32. The van der Waals surface area contributed by atoms with Crippen LogP contribution in [0.4, 0.5) is 26.3 Å². The van der Waals surface area contributed by atoms with E-state index in [-0.39, 0.29) is 16.7 Å². The zero-order chi connectivity index (χ0) is 19.1. The Morgan fingerprint density at radius 2 is 1.65 bits per heavy atom. The van der Waals surface area contributed by atoms with Crippen molar-refractivity contribution in [1.29, 1.82) is 0 Å². The third-order valence-corrected chi connectivity index (χ3v) is 3.74. The summed E-state index contributed by atoms with van der Waals surface area (Å²) in [6, 6.07) is 2.97. The molecule has 0 aliphatic carbocycles. The number of benzene rings is 1. The lowest BCUT2D eigenvalue weighted by Gasteiger charge is -2.23. The molecular formula is C17H11F6N3. The summed E-state index contributed by atoms with van der Waals surface area (Å²) in [5.41, 5.74) is 4.55. The topological polar surface area (TPSA) is 37.0 Å². The van der Waals surface area contributed by atoms with Crippen LogP contribution >= 0.6 is 0 Å². The number of allylic oxidation sites excluding steroid dienone is 3. The Balaban J connectivity index is 2.12. The first kappa shape index (κ1) is 17.8. The zero-order valence-electron chi connectivity index (χ0n) is 13.2. The lowest BCUT2D eigenvalue weighted by Crippen LogP contribution is -2.30. The van der Waals surface area contributed by atoms with Gasteiger partial charge in [0, 0.05) is 46.9 Å². The molecule has 1 aromatic carbocycles. The summed E-state index contributed by atoms with van der Waals surface area (Å²) in [6.07, 6.45) is -2.41. The molecule has 0 amide bonds. The molecular weight excluding hydrogens is 360 g/mol. The fourth-order valence-electron chi connectivity index (χ4n) is 2.63. The van der Waals surface area contributed by atoms with Gasteiger partial charge in [0.05, 0.1) is 5.56 Å². The Kier molecular flexibility index (Phi) is 4.39. The van der Waals surface area contributed by atoms with Crippen molar-refractivity contribution in [3.63, 3.8) is 0 Å². The van der Waals surface area contributed by atoms with E-state index in [9.17, 15) is 26.3 Å². The molecule has 1 aromatic heterocycles. The summed E-state index contributed by atoms with van der Waals surface area (Å²) in [5.74, 6) is -3.35. The lowest BCUT2D eigenvalue weighted by atomic mass is 9.91. The van der Waals surface area contributed by atoms with Crippen LogP contribution in [0.15, 0.2) is 42.4 Å². The van der Waals surface area contributed by atoms with Crippen LogP contribution in [0.2, 0.25) is 0 Å². The van der Waals surface area contributed by atoms with Gasteiger partial charge in [0.15, 0.2) is 0 Å². The number of aromatic nitrogens is 1. The van der Waals surface area contributed by atoms with E-state index in [1.165, 1.54) is 6.20 Å². The van der Waals surface area contributed by atoms with Crippen LogP contribution in [0.5, 0.6) is 0 Å². The van der Waals surface area contributed by atoms with Gasteiger partial charge in [-0.15, -0.1) is 0 Å². The Labute approximate surface area is 144 Å². The van der Waals surface area contributed by atoms with Gasteiger partial charge in [-0.05, 0) is 13.0 Å². The maximum atomic E-state index is 14.2. The first-order valence-electron chi connectivity index (χ1n) is 7.30. The molecule has 3 rings (SSSR count). The van der Waals surface area contributed by atoms with Crippen molar-refractivity contribution < 1.29 is 26.3 Å². The van der Waals surface area contributed by atoms with Crippen LogP contribution in [0, 0.1) is 17.5 Å². The monoisotopic (exact) mass is 371 g/mol. The van der Waals surface area contributed by atoms with Crippen molar-refractivity contribution >= 4 is 11.1 Å². The minimum Gasteiger partial charge on any atom is -0.308 e. The van der Waals surface area contributed by atoms with Gasteiger partial charge in [0.1, 0.15) is 23.1 Å². The van der Waals surface area contributed by atoms with Crippen LogP contribution in [0.3, 0.4) is 0 Å². The minimum atomic E-state index is -4.61. The molecule has 0 bridgehead atoms. The number of hydrogen-bond acceptors (Lipinski definition) is 3. The Morgan fingerprint density at radius 3 is 2.19 bits per heavy atom. The summed E-state index contributed by atoms with van der Waals surface area (Å²) in [6.45, 7) is 1.56. The molecule has 0 radical (unpaired) electrons. The molecule has 0 atom stereocenters. The molecule has 0 unspecified atom stereocenters. The molecule has 3 nitrogen and oxygen atoms in total. The maximum absolute atomic E-state index is 14.2. The van der Waals surface area contributed by atoms with E-state index in [1.54, 1.807) is 6.92 Å². The number of hydrogen-bond donors (Lipinski definition) is 2. The van der Waals surface area contributed by atoms with Gasteiger partial charge in [-0.25, -0.2) is 13.2 Å². The van der Waals surface area contributed by atoms with E-state index in [0.29, 0.717) is 17.8 Å². The third kappa shape index (κ3) is 3.24. The zero-order valence-corrected chi connectivity index (χ0v) is 13.2. The second kappa shape index (κ2) is 6.40. The largest absolute Gasteiger partial charge is 0.433 e. The van der Waals surface area contributed by atoms with Crippen LogP contribution in [0.1, 0.15) is 23.7 Å². The van der Waals surface area contributed by atoms with Crippen LogP contribution < -0.4 is 10.9 Å². The Hall–Kier alpha value is -2.97. The molecule has 2 heterocycles. The van der Waals surface area contributed by atoms with Crippen molar-refractivity contribution in [2.45, 2.75) is 13.1 Å². The second-order valence-corrected chi connectivity index (χ2v) is 5.50. The summed E-state index contributed by atoms with van der Waals surface area (Å²) in [4.78, 5) is 3.36. The van der Waals surface area contributed by atoms with Crippen LogP contribution in [-0.4, -0.2) is 4.98 Å². The molecule has 136 valence electrons. The number of nitrogens with one attached hydrogen (secondary N) is 2. The van der Waals surface area contributed by atoms with Crippen molar-refractivity contribution in [3.8, 4) is 0 Å². The average Bonchev–Trinajstić information content (AvgIpc) is 2.53. The summed E-state index contributed by atoms with van der Waals surface area (Å²) in [5, 5.41) is 0. The predicted octanol–water partition coefficient (Wildman–Crippen LogP) is 4.40. The van der Waals surface area contributed by atoms with E-state index < -0.39 is 34.9 Å². The van der Waals surface area contributed by atoms with Gasteiger partial charge < -0.3 is 10.9 Å². The van der Waals surface area contributed by atoms with Gasteiger partial charge in [-0.1, -0.05) is 6.07 Å². The first-order chi connectivity index (χ1) is 12.2. The number of alkyl halides is 3. The number of hydrazine groups is 1. The van der Waals surface area contributed by atoms with E-state index in [4.69, 9.17) is 0 Å². The van der Waals surface area contributed by atoms with Gasteiger partial charge in [0.2, 0.25) is 0 Å². The minimum absolute atomic E-state index is 0.0119. The summed E-state index contributed by atoms with van der Waals surface area (Å²) < 4.78 is 79.6. The van der Waals surface area contributed by atoms with Crippen molar-refractivity contribution in [2.75, 3.05) is 0 Å². The highest BCUT2D eigenvalue weighted by Crippen LogP contribution is 2.37. The molecule has 0 fully saturated rings. The van der Waals surface area contributed by atoms with Crippen molar-refractivity contribution in [1.82, 2.24) is 15.8 Å². The molecule has 0 spiro atoms. The molecule has 2 N–H and O–H groups in total. The summed E-state index contributed by atoms with van der Waals surface area (Å²) >= 11 is 0. The lowest BCUT2D eigenvalue weighted by molar-refractivity contribution is -0.141. The fraction of sp³-hybridized carbons (Fsp3) is 0.118. The normalized spacial score (nSPS) is 14.7. The molecule has 1 aliphatic rings. The SMILES string of the molecule is CC1=C(c2ccc(C(F)(F)F)nc2)C(c2c(F)cc(F)cc2F)=CNN1. The predicted molar refractivity (Wildman–Crippen MR) is 82.4 cm³/mol. The van der Waals surface area contributed by atoms with Gasteiger partial charge in [-0.2, -0.15) is 13.2 Å². The fourth-order valence-corrected chi connectivity index (χ4v) is 2.63. The van der Waals surface area contributed by atoms with Gasteiger partial charge in [-0.3, -0.25) is 4.98 Å². The molecule has 0 saturated heterocycles. The number of rotatable bonds is 2. The van der Waals surface area contributed by atoms with Gasteiger partial charge in [0.25, 0.3) is 0 Å². The van der Waals surface area contributed by atoms with Crippen molar-refractivity contribution in [3.05, 3.63) is 76.6 Å². The highest BCUT2D eigenvalue weighted by molar-refractivity contribution is 6.06. The molecule has 2 aromatic rings. The van der Waals surface area contributed by atoms with Crippen LogP contribution in [0.25, 0.3) is 11.1 Å². The van der Waals surface area contributed by atoms with E-state index in [2.05, 4.69) is 15.8 Å². The van der Waals surface area contributed by atoms with Crippen LogP contribution in [-0.2, 0) is 6.18 Å². The number of nitrogens with zero attached hydrogens (tertiary/aromatic N) is 1.